The van der Waals surface area contributed by atoms with Crippen molar-refractivity contribution in [3.8, 4) is 0 Å². The van der Waals surface area contributed by atoms with E-state index < -0.39 is 0 Å². The zero-order valence-electron chi connectivity index (χ0n) is 12.2. The predicted octanol–water partition coefficient (Wildman–Crippen LogP) is 0.515. The molecule has 2 saturated heterocycles. The second kappa shape index (κ2) is 5.77. The van der Waals surface area contributed by atoms with E-state index in [9.17, 15) is 9.90 Å². The molecule has 0 saturated carbocycles. The largest absolute Gasteiger partial charge is 0.394 e. The molecule has 2 heterocycles. The van der Waals surface area contributed by atoms with Gasteiger partial charge < -0.3 is 20.1 Å². The highest BCUT2D eigenvalue weighted by atomic mass is 16.5. The molecule has 19 heavy (non-hydrogen) atoms. The van der Waals surface area contributed by atoms with Gasteiger partial charge in [0, 0.05) is 19.1 Å². The molecule has 0 aliphatic carbocycles. The van der Waals surface area contributed by atoms with E-state index in [0.717, 1.165) is 19.3 Å². The molecule has 5 heteroatoms. The number of carbonyl (C=O) groups excluding carboxylic acids is 1. The highest BCUT2D eigenvalue weighted by Gasteiger charge is 2.38. The molecule has 2 rings (SSSR count). The van der Waals surface area contributed by atoms with Crippen LogP contribution >= 0.6 is 0 Å². The molecule has 0 aromatic rings. The quantitative estimate of drug-likeness (QED) is 0.768. The Kier molecular flexibility index (Phi) is 4.48. The van der Waals surface area contributed by atoms with Gasteiger partial charge in [0.05, 0.1) is 24.4 Å². The number of ether oxygens (including phenoxy) is 1. The van der Waals surface area contributed by atoms with Crippen LogP contribution in [0.15, 0.2) is 0 Å². The average Bonchev–Trinajstić information content (AvgIpc) is 2.36. The Labute approximate surface area is 115 Å². The van der Waals surface area contributed by atoms with Gasteiger partial charge >= 0.3 is 0 Å². The lowest BCUT2D eigenvalue weighted by atomic mass is 9.97. The van der Waals surface area contributed by atoms with E-state index >= 15 is 0 Å². The number of piperidine rings is 1. The molecule has 0 bridgehead atoms. The van der Waals surface area contributed by atoms with E-state index in [1.54, 1.807) is 0 Å². The average molecular weight is 270 g/mol. The number of hydrogen-bond acceptors (Lipinski definition) is 4. The highest BCUT2D eigenvalue weighted by molar-refractivity contribution is 5.82. The molecule has 0 aromatic carbocycles. The van der Waals surface area contributed by atoms with Gasteiger partial charge in [-0.05, 0) is 40.0 Å². The summed E-state index contributed by atoms with van der Waals surface area (Å²) in [6.45, 7) is 7.10. The van der Waals surface area contributed by atoms with Crippen LogP contribution in [0, 0.1) is 0 Å². The summed E-state index contributed by atoms with van der Waals surface area (Å²) in [5.74, 6) is 0.154. The maximum absolute atomic E-state index is 12.6. The molecule has 0 aromatic heterocycles. The van der Waals surface area contributed by atoms with Crippen molar-refractivity contribution >= 4 is 5.91 Å². The van der Waals surface area contributed by atoms with Gasteiger partial charge in [0.15, 0.2) is 0 Å². The number of hydrogen-bond donors (Lipinski definition) is 2. The van der Waals surface area contributed by atoms with Crippen LogP contribution < -0.4 is 5.32 Å². The van der Waals surface area contributed by atoms with Crippen LogP contribution in [0.3, 0.4) is 0 Å². The number of morpholine rings is 1. The number of carbonyl (C=O) groups is 1. The van der Waals surface area contributed by atoms with Gasteiger partial charge in [-0.25, -0.2) is 0 Å². The van der Waals surface area contributed by atoms with Crippen LogP contribution in [0.25, 0.3) is 0 Å². The van der Waals surface area contributed by atoms with Crippen LogP contribution in [0.4, 0.5) is 0 Å². The van der Waals surface area contributed by atoms with Crippen LogP contribution in [-0.2, 0) is 9.53 Å². The Hall–Kier alpha value is -0.650. The van der Waals surface area contributed by atoms with E-state index in [4.69, 9.17) is 4.74 Å². The van der Waals surface area contributed by atoms with Crippen molar-refractivity contribution in [3.05, 3.63) is 0 Å². The fourth-order valence-corrected chi connectivity index (χ4v) is 3.11. The van der Waals surface area contributed by atoms with Gasteiger partial charge in [-0.2, -0.15) is 0 Å². The Balaban J connectivity index is 2.01. The maximum atomic E-state index is 12.6. The number of rotatable bonds is 2. The minimum Gasteiger partial charge on any atom is -0.394 e. The molecule has 0 spiro atoms. The van der Waals surface area contributed by atoms with Gasteiger partial charge in [-0.3, -0.25) is 4.79 Å². The van der Waals surface area contributed by atoms with E-state index in [0.29, 0.717) is 19.1 Å². The molecule has 2 aliphatic rings. The molecule has 110 valence electrons. The third kappa shape index (κ3) is 3.68. The van der Waals surface area contributed by atoms with Crippen molar-refractivity contribution in [2.75, 3.05) is 19.7 Å². The minimum atomic E-state index is -0.387. The van der Waals surface area contributed by atoms with E-state index in [1.165, 1.54) is 0 Å². The lowest BCUT2D eigenvalue weighted by Crippen LogP contribution is -2.60. The summed E-state index contributed by atoms with van der Waals surface area (Å²) in [6, 6.07) is 0.336. The molecule has 2 N–H and O–H groups in total. The molecule has 1 amide bonds. The van der Waals surface area contributed by atoms with E-state index in [1.807, 2.05) is 18.7 Å². The van der Waals surface area contributed by atoms with Crippen LogP contribution in [-0.4, -0.2) is 59.4 Å². The summed E-state index contributed by atoms with van der Waals surface area (Å²) in [5, 5.41) is 12.7. The third-order valence-corrected chi connectivity index (χ3v) is 3.91. The monoisotopic (exact) mass is 270 g/mol. The SMILES string of the molecule is CC1CCCC(C(=O)N2CC(CO)OC(C)(C)C2)N1. The van der Waals surface area contributed by atoms with Crippen molar-refractivity contribution in [2.45, 2.75) is 63.8 Å². The van der Waals surface area contributed by atoms with Crippen LogP contribution in [0.1, 0.15) is 40.0 Å². The second-order valence-electron chi connectivity index (χ2n) is 6.45. The number of nitrogens with one attached hydrogen (secondary N) is 1. The lowest BCUT2D eigenvalue weighted by molar-refractivity contribution is -0.168. The van der Waals surface area contributed by atoms with E-state index in [-0.39, 0.29) is 30.3 Å². The van der Waals surface area contributed by atoms with Gasteiger partial charge in [-0.1, -0.05) is 0 Å². The lowest BCUT2D eigenvalue weighted by Gasteiger charge is -2.44. The molecule has 3 unspecified atom stereocenters. The van der Waals surface area contributed by atoms with Gasteiger partial charge in [0.25, 0.3) is 0 Å². The summed E-state index contributed by atoms with van der Waals surface area (Å²) in [5.41, 5.74) is -0.387. The number of nitrogens with zero attached hydrogens (tertiary/aromatic N) is 1. The Morgan fingerprint density at radius 1 is 1.47 bits per heavy atom. The Morgan fingerprint density at radius 3 is 2.84 bits per heavy atom. The summed E-state index contributed by atoms with van der Waals surface area (Å²) >= 11 is 0. The molecular weight excluding hydrogens is 244 g/mol. The standard InChI is InChI=1S/C14H26N2O3/c1-10-5-4-6-12(15-10)13(18)16-7-11(8-17)19-14(2,3)9-16/h10-12,15,17H,4-9H2,1-3H3. The third-order valence-electron chi connectivity index (χ3n) is 3.91. The zero-order chi connectivity index (χ0) is 14.0. The van der Waals surface area contributed by atoms with Crippen molar-refractivity contribution < 1.29 is 14.6 Å². The number of amides is 1. The molecule has 3 atom stereocenters. The first-order chi connectivity index (χ1) is 8.91. The van der Waals surface area contributed by atoms with Crippen LogP contribution in [0.5, 0.6) is 0 Å². The first kappa shape index (κ1) is 14.8. The second-order valence-corrected chi connectivity index (χ2v) is 6.45. The van der Waals surface area contributed by atoms with Crippen molar-refractivity contribution in [3.63, 3.8) is 0 Å². The first-order valence-electron chi connectivity index (χ1n) is 7.25. The molecular formula is C14H26N2O3. The zero-order valence-corrected chi connectivity index (χ0v) is 12.2. The minimum absolute atomic E-state index is 0.0400. The summed E-state index contributed by atoms with van der Waals surface area (Å²) in [6.07, 6.45) is 2.87. The molecule has 2 aliphatic heterocycles. The smallest absolute Gasteiger partial charge is 0.239 e. The van der Waals surface area contributed by atoms with Crippen molar-refractivity contribution in [2.24, 2.45) is 0 Å². The van der Waals surface area contributed by atoms with Gasteiger partial charge in [0.2, 0.25) is 5.91 Å². The first-order valence-corrected chi connectivity index (χ1v) is 7.25. The van der Waals surface area contributed by atoms with Crippen molar-refractivity contribution in [1.82, 2.24) is 10.2 Å². The van der Waals surface area contributed by atoms with Gasteiger partial charge in [0.1, 0.15) is 0 Å². The highest BCUT2D eigenvalue weighted by Crippen LogP contribution is 2.23. The number of aliphatic hydroxyl groups is 1. The summed E-state index contributed by atoms with van der Waals surface area (Å²) in [4.78, 5) is 14.4. The fraction of sp³-hybridized carbons (Fsp3) is 0.929. The van der Waals surface area contributed by atoms with Crippen molar-refractivity contribution in [1.29, 1.82) is 0 Å². The number of aliphatic hydroxyl groups excluding tert-OH is 1. The summed E-state index contributed by atoms with van der Waals surface area (Å²) < 4.78 is 5.75. The maximum Gasteiger partial charge on any atom is 0.239 e. The topological polar surface area (TPSA) is 61.8 Å². The van der Waals surface area contributed by atoms with Gasteiger partial charge in [-0.15, -0.1) is 0 Å². The Bertz CT molecular complexity index is 333. The molecule has 2 fully saturated rings. The molecule has 5 nitrogen and oxygen atoms in total. The fourth-order valence-electron chi connectivity index (χ4n) is 3.11. The summed E-state index contributed by atoms with van der Waals surface area (Å²) in [7, 11) is 0. The predicted molar refractivity (Wildman–Crippen MR) is 72.9 cm³/mol. The van der Waals surface area contributed by atoms with E-state index in [2.05, 4.69) is 12.2 Å². The normalized spacial score (nSPS) is 35.2. The Morgan fingerprint density at radius 2 is 2.21 bits per heavy atom. The molecule has 0 radical (unpaired) electrons. The van der Waals surface area contributed by atoms with Crippen LogP contribution in [0.2, 0.25) is 0 Å².